The van der Waals surface area contributed by atoms with Crippen molar-refractivity contribution in [1.82, 2.24) is 9.97 Å². The summed E-state index contributed by atoms with van der Waals surface area (Å²) in [5, 5.41) is 5.62. The topological polar surface area (TPSA) is 112 Å². The number of nitrogens with two attached hydrogens (primary N) is 1. The standard InChI is InChI=1S/C19H21F2N5O3S2/c1-18(2)5-10-7-31-17(22)26-19(10,9-28-18)15-25-13(8-30-15)24-14(27)12-4-3-11(6-23-12)29-16(20)21/h3-4,6,8,10,16H,5,7,9H2,1-2H3,(H2,22,26)(H,24,27)/t10?,19-/m1/s1. The van der Waals surface area contributed by atoms with E-state index < -0.39 is 18.1 Å². The van der Waals surface area contributed by atoms with E-state index in [0.29, 0.717) is 17.6 Å². The highest BCUT2D eigenvalue weighted by Crippen LogP contribution is 2.49. The smallest absolute Gasteiger partial charge is 0.387 e. The summed E-state index contributed by atoms with van der Waals surface area (Å²) in [7, 11) is 0. The minimum Gasteiger partial charge on any atom is -0.433 e. The number of ether oxygens (including phenoxy) is 2. The second-order valence-corrected chi connectivity index (χ2v) is 9.78. The molecule has 1 fully saturated rings. The van der Waals surface area contributed by atoms with Crippen molar-refractivity contribution in [3.8, 4) is 5.75 Å². The van der Waals surface area contributed by atoms with E-state index in [1.54, 1.807) is 5.38 Å². The molecule has 1 unspecified atom stereocenters. The normalized spacial score (nSPS) is 24.9. The van der Waals surface area contributed by atoms with Gasteiger partial charge in [0, 0.05) is 17.1 Å². The number of anilines is 1. The van der Waals surface area contributed by atoms with Crippen molar-refractivity contribution < 1.29 is 23.0 Å². The van der Waals surface area contributed by atoms with Crippen molar-refractivity contribution in [2.75, 3.05) is 17.7 Å². The van der Waals surface area contributed by atoms with Gasteiger partial charge < -0.3 is 20.5 Å². The Kier molecular flexibility index (Phi) is 5.88. The molecule has 4 heterocycles. The average molecular weight is 470 g/mol. The van der Waals surface area contributed by atoms with Crippen LogP contribution in [0.1, 0.15) is 35.8 Å². The van der Waals surface area contributed by atoms with Gasteiger partial charge in [0.25, 0.3) is 5.91 Å². The molecular formula is C19H21F2N5O3S2. The highest BCUT2D eigenvalue weighted by atomic mass is 32.2. The van der Waals surface area contributed by atoms with Crippen LogP contribution in [-0.2, 0) is 10.3 Å². The molecule has 166 valence electrons. The number of fused-ring (bicyclic) bond motifs is 1. The number of hydrogen-bond donors (Lipinski definition) is 2. The van der Waals surface area contributed by atoms with Crippen LogP contribution in [0.4, 0.5) is 14.6 Å². The van der Waals surface area contributed by atoms with Crippen LogP contribution in [0.2, 0.25) is 0 Å². The Morgan fingerprint density at radius 3 is 2.94 bits per heavy atom. The number of carbonyl (C=O) groups is 1. The van der Waals surface area contributed by atoms with Crippen LogP contribution in [-0.4, -0.2) is 45.6 Å². The Bertz CT molecular complexity index is 999. The number of pyridine rings is 1. The third-order valence-corrected chi connectivity index (χ3v) is 7.11. The molecule has 2 aliphatic rings. The van der Waals surface area contributed by atoms with Crippen LogP contribution in [0, 0.1) is 5.92 Å². The van der Waals surface area contributed by atoms with Crippen molar-refractivity contribution >= 4 is 40.0 Å². The number of amides is 1. The van der Waals surface area contributed by atoms with Gasteiger partial charge in [-0.05, 0) is 32.4 Å². The van der Waals surface area contributed by atoms with Gasteiger partial charge in [-0.15, -0.1) is 11.3 Å². The Balaban J connectivity index is 1.52. The number of aromatic nitrogens is 2. The number of alkyl halides is 2. The molecule has 2 atom stereocenters. The minimum absolute atomic E-state index is 0.0475. The SMILES string of the molecule is CC1(C)CC2CSC(N)=N[C@]2(c2nc(NC(=O)c3ccc(OC(F)F)cn3)cs2)CO1. The molecule has 0 spiro atoms. The van der Waals surface area contributed by atoms with E-state index >= 15 is 0 Å². The van der Waals surface area contributed by atoms with E-state index in [-0.39, 0.29) is 23.0 Å². The average Bonchev–Trinajstić information content (AvgIpc) is 3.17. The molecule has 31 heavy (non-hydrogen) atoms. The zero-order valence-electron chi connectivity index (χ0n) is 16.8. The zero-order valence-corrected chi connectivity index (χ0v) is 18.4. The van der Waals surface area contributed by atoms with Crippen molar-refractivity contribution in [2.24, 2.45) is 16.6 Å². The zero-order chi connectivity index (χ0) is 22.2. The number of carbonyl (C=O) groups excluding carboxylic acids is 1. The number of hydrogen-bond acceptors (Lipinski definition) is 9. The molecule has 12 heteroatoms. The lowest BCUT2D eigenvalue weighted by molar-refractivity contribution is -0.109. The van der Waals surface area contributed by atoms with Crippen LogP contribution < -0.4 is 15.8 Å². The van der Waals surface area contributed by atoms with Gasteiger partial charge in [0.05, 0.1) is 18.4 Å². The Labute approximate surface area is 185 Å². The van der Waals surface area contributed by atoms with Gasteiger partial charge in [0.2, 0.25) is 0 Å². The summed E-state index contributed by atoms with van der Waals surface area (Å²) in [6.45, 7) is 1.52. The first-order valence-corrected chi connectivity index (χ1v) is 11.3. The molecule has 3 N–H and O–H groups in total. The Morgan fingerprint density at radius 1 is 1.42 bits per heavy atom. The summed E-state index contributed by atoms with van der Waals surface area (Å²) in [4.78, 5) is 25.7. The van der Waals surface area contributed by atoms with E-state index in [4.69, 9.17) is 15.5 Å². The lowest BCUT2D eigenvalue weighted by atomic mass is 9.77. The Hall–Kier alpha value is -2.31. The molecule has 2 aromatic rings. The summed E-state index contributed by atoms with van der Waals surface area (Å²) in [5.74, 6) is 0.730. The van der Waals surface area contributed by atoms with Gasteiger partial charge in [0.15, 0.2) is 5.17 Å². The first kappa shape index (κ1) is 21.9. The van der Waals surface area contributed by atoms with Gasteiger partial charge in [-0.3, -0.25) is 4.79 Å². The molecule has 0 aliphatic carbocycles. The number of halogens is 2. The third-order valence-electron chi connectivity index (χ3n) is 5.15. The largest absolute Gasteiger partial charge is 0.433 e. The summed E-state index contributed by atoms with van der Waals surface area (Å²) >= 11 is 2.91. The number of rotatable bonds is 5. The first-order chi connectivity index (χ1) is 14.7. The Morgan fingerprint density at radius 2 is 2.23 bits per heavy atom. The summed E-state index contributed by atoms with van der Waals surface area (Å²) in [6, 6.07) is 2.55. The fourth-order valence-electron chi connectivity index (χ4n) is 3.66. The first-order valence-electron chi connectivity index (χ1n) is 9.47. The number of nitrogens with one attached hydrogen (secondary N) is 1. The molecule has 1 saturated heterocycles. The minimum atomic E-state index is -2.96. The highest BCUT2D eigenvalue weighted by Gasteiger charge is 2.52. The number of thiazole rings is 1. The fraction of sp³-hybridized carbons (Fsp3) is 0.474. The fourth-order valence-corrected chi connectivity index (χ4v) is 5.62. The molecule has 8 nitrogen and oxygen atoms in total. The number of amidine groups is 1. The molecule has 0 saturated carbocycles. The van der Waals surface area contributed by atoms with Gasteiger partial charge in [-0.25, -0.2) is 15.0 Å². The van der Waals surface area contributed by atoms with E-state index in [1.807, 2.05) is 0 Å². The van der Waals surface area contributed by atoms with E-state index in [1.165, 1.54) is 35.2 Å². The third kappa shape index (κ3) is 4.65. The summed E-state index contributed by atoms with van der Waals surface area (Å²) in [5.41, 5.74) is 5.16. The molecule has 0 aromatic carbocycles. The molecular weight excluding hydrogens is 448 g/mol. The molecule has 2 aromatic heterocycles. The number of aliphatic imine (C=N–C) groups is 1. The van der Waals surface area contributed by atoms with E-state index in [0.717, 1.165) is 23.4 Å². The van der Waals surface area contributed by atoms with Gasteiger partial charge in [-0.1, -0.05) is 11.8 Å². The monoisotopic (exact) mass is 469 g/mol. The maximum absolute atomic E-state index is 12.5. The van der Waals surface area contributed by atoms with Crippen molar-refractivity contribution in [3.63, 3.8) is 0 Å². The van der Waals surface area contributed by atoms with E-state index in [2.05, 4.69) is 33.9 Å². The lowest BCUT2D eigenvalue weighted by Gasteiger charge is -2.47. The molecule has 0 bridgehead atoms. The van der Waals surface area contributed by atoms with Gasteiger partial charge in [-0.2, -0.15) is 8.78 Å². The van der Waals surface area contributed by atoms with Crippen molar-refractivity contribution in [1.29, 1.82) is 0 Å². The molecule has 0 radical (unpaired) electrons. The van der Waals surface area contributed by atoms with Crippen LogP contribution in [0.25, 0.3) is 0 Å². The van der Waals surface area contributed by atoms with Crippen molar-refractivity contribution in [3.05, 3.63) is 34.4 Å². The second-order valence-electron chi connectivity index (χ2n) is 7.88. The lowest BCUT2D eigenvalue weighted by Crippen LogP contribution is -2.52. The number of nitrogens with zero attached hydrogens (tertiary/aromatic N) is 3. The molecule has 4 rings (SSSR count). The maximum atomic E-state index is 12.5. The maximum Gasteiger partial charge on any atom is 0.387 e. The van der Waals surface area contributed by atoms with E-state index in [9.17, 15) is 13.6 Å². The van der Waals surface area contributed by atoms with Crippen LogP contribution in [0.3, 0.4) is 0 Å². The van der Waals surface area contributed by atoms with Crippen LogP contribution >= 0.6 is 23.1 Å². The van der Waals surface area contributed by atoms with Gasteiger partial charge >= 0.3 is 6.61 Å². The molecule has 2 aliphatic heterocycles. The molecule has 1 amide bonds. The predicted octanol–water partition coefficient (Wildman–Crippen LogP) is 3.46. The highest BCUT2D eigenvalue weighted by molar-refractivity contribution is 8.13. The second kappa shape index (κ2) is 8.32. The predicted molar refractivity (Wildman–Crippen MR) is 115 cm³/mol. The summed E-state index contributed by atoms with van der Waals surface area (Å²) in [6.07, 6.45) is 1.88. The van der Waals surface area contributed by atoms with Crippen molar-refractivity contribution in [2.45, 2.75) is 38.0 Å². The van der Waals surface area contributed by atoms with Crippen LogP contribution in [0.15, 0.2) is 28.7 Å². The summed E-state index contributed by atoms with van der Waals surface area (Å²) < 4.78 is 34.8. The van der Waals surface area contributed by atoms with Crippen LogP contribution in [0.5, 0.6) is 5.75 Å². The number of thioether (sulfide) groups is 1. The van der Waals surface area contributed by atoms with Gasteiger partial charge in [0.1, 0.15) is 27.8 Å². The quantitative estimate of drug-likeness (QED) is 0.690.